The first kappa shape index (κ1) is 63.6. The third kappa shape index (κ3) is 11.3. The number of hydrogen-bond donors (Lipinski definition) is 2. The fraction of sp³-hybridized carbons (Fsp3) is 0.519. The van der Waals surface area contributed by atoms with Gasteiger partial charge in [-0.2, -0.15) is 0 Å². The van der Waals surface area contributed by atoms with E-state index < -0.39 is 5.79 Å². The highest BCUT2D eigenvalue weighted by atomic mass is 16.7. The van der Waals surface area contributed by atoms with Gasteiger partial charge in [-0.25, -0.2) is 29.9 Å². The number of carbonyl (C=O) groups is 3. The Morgan fingerprint density at radius 3 is 1.41 bits per heavy atom. The standard InChI is InChI=1S/C22H26N2O2.C21H22N2O2.C20H22N2O.C14H20O4/c1-15-18-9-8-17-14-23-20(16-6-4-3-5-7-16)24-19(17)21(18,2)10-11-22(15)25-12-13-26-22;1-13-17-9-8-15-11-22-20(14-6-4-3-5-7-14)23-19(15)21(17,2)10-16(12-24)18(13)25;1-13-16-9-8-15-12-21-19(14-6-4-3-5-7-14)22-18(15)20(16,2)11-10-17(13)23;1-13-4-5-14(17-6-7-18-14)8-11(13)3-2-10(9-15)12(13)16/h3-7,14-15,18H,8-13H2,1-2H3;3-7,11-13,17,24H,8-10H2,1-2H3;3-7,12-13,16H,8-11H2,1-2H3;9,11,15H,2-8H2,1H3/b;16-12-;;10-9+/t15-,18-,21-;13-,17-,21-;13-,16-,20-;11-,13-/m0000/s1. The van der Waals surface area contributed by atoms with E-state index in [1.165, 1.54) is 22.5 Å². The van der Waals surface area contributed by atoms with Crippen molar-refractivity contribution in [3.63, 3.8) is 0 Å². The Kier molecular flexibility index (Phi) is 17.5. The van der Waals surface area contributed by atoms with Gasteiger partial charge in [-0.05, 0) is 117 Å². The van der Waals surface area contributed by atoms with Crippen molar-refractivity contribution in [1.82, 2.24) is 29.9 Å². The molecule has 0 bridgehead atoms. The van der Waals surface area contributed by atoms with Crippen LogP contribution in [0, 0.1) is 46.8 Å². The van der Waals surface area contributed by atoms with Crippen LogP contribution in [0.5, 0.6) is 0 Å². The topological polar surface area (TPSA) is 206 Å². The van der Waals surface area contributed by atoms with Crippen molar-refractivity contribution in [2.75, 3.05) is 26.4 Å². The number of rotatable bonds is 3. The molecule has 0 radical (unpaired) electrons. The maximum absolute atomic E-state index is 12.5. The van der Waals surface area contributed by atoms with Gasteiger partial charge in [0.1, 0.15) is 5.78 Å². The summed E-state index contributed by atoms with van der Waals surface area (Å²) >= 11 is 0. The molecule has 3 aromatic heterocycles. The van der Waals surface area contributed by atoms with Crippen LogP contribution in [0.3, 0.4) is 0 Å². The Morgan fingerprint density at radius 1 is 0.467 bits per heavy atom. The second-order valence-corrected chi connectivity index (χ2v) is 29.0. The second kappa shape index (κ2) is 25.3. The van der Waals surface area contributed by atoms with Crippen LogP contribution in [-0.4, -0.2) is 95.5 Å². The van der Waals surface area contributed by atoms with E-state index in [0.29, 0.717) is 73.1 Å². The first-order valence-electron chi connectivity index (χ1n) is 34.0. The molecule has 15 heteroatoms. The Bertz CT molecular complexity index is 3790. The Labute approximate surface area is 541 Å². The van der Waals surface area contributed by atoms with Gasteiger partial charge in [0.15, 0.2) is 40.6 Å². The first-order valence-corrected chi connectivity index (χ1v) is 34.0. The molecular weight excluding hydrogens is 1150 g/mol. The normalized spacial score (nSPS) is 32.8. The molecule has 5 heterocycles. The third-order valence-electron chi connectivity index (χ3n) is 24.1. The zero-order chi connectivity index (χ0) is 64.2. The summed E-state index contributed by atoms with van der Waals surface area (Å²) in [7, 11) is 0. The van der Waals surface area contributed by atoms with E-state index >= 15 is 0 Å². The maximum atomic E-state index is 12.5. The van der Waals surface area contributed by atoms with E-state index in [2.05, 4.69) is 80.0 Å². The smallest absolute Gasteiger partial charge is 0.171 e. The molecule has 0 amide bonds. The fourth-order valence-corrected chi connectivity index (χ4v) is 18.6. The monoisotopic (exact) mass is 1240 g/mol. The van der Waals surface area contributed by atoms with Crippen molar-refractivity contribution in [1.29, 1.82) is 0 Å². The number of aliphatic hydroxyl groups is 2. The molecule has 5 saturated carbocycles. The van der Waals surface area contributed by atoms with E-state index in [0.717, 1.165) is 155 Å². The minimum Gasteiger partial charge on any atom is -0.515 e. The first-order chi connectivity index (χ1) is 44.4. The predicted molar refractivity (Wildman–Crippen MR) is 351 cm³/mol. The minimum absolute atomic E-state index is 0.00732. The quantitative estimate of drug-likeness (QED) is 0.125. The third-order valence-corrected chi connectivity index (χ3v) is 24.1. The Morgan fingerprint density at radius 2 is 0.913 bits per heavy atom. The van der Waals surface area contributed by atoms with Gasteiger partial charge in [-0.3, -0.25) is 14.4 Å². The zero-order valence-electron chi connectivity index (χ0n) is 54.7. The highest BCUT2D eigenvalue weighted by Crippen LogP contribution is 2.58. The Hall–Kier alpha value is -7.17. The summed E-state index contributed by atoms with van der Waals surface area (Å²) in [4.78, 5) is 65.9. The SMILES string of the molecule is C[C@@H]1C(=O)/C(=C\O)C[C@]2(C)c3nc(-c4ccccc4)ncc3CC[C@@H]12.C[C@@H]1C(=O)CC[C@]2(C)c3nc(-c4ccccc4)ncc3CC[C@@H]12.C[C@H]1[C@@H]2CCc3cnc(-c4ccccc4)nc3[C@@]2(C)CCC12OCCO2.C[C@]12CCC3(C[C@@H]1CC/C(=C\O)C2=O)OCCO3. The van der Waals surface area contributed by atoms with Crippen LogP contribution in [0.2, 0.25) is 0 Å². The van der Waals surface area contributed by atoms with Crippen molar-refractivity contribution in [2.24, 2.45) is 46.8 Å². The lowest BCUT2D eigenvalue weighted by Gasteiger charge is -2.54. The Balaban J connectivity index is 0.000000113. The summed E-state index contributed by atoms with van der Waals surface area (Å²) in [5, 5.41) is 18.7. The van der Waals surface area contributed by atoms with Crippen LogP contribution < -0.4 is 0 Å². The molecule has 2 spiro atoms. The molecule has 16 rings (SSSR count). The van der Waals surface area contributed by atoms with E-state index in [1.807, 2.05) is 93.0 Å². The van der Waals surface area contributed by atoms with Crippen LogP contribution in [0.1, 0.15) is 166 Å². The lowest BCUT2D eigenvalue weighted by molar-refractivity contribution is -0.234. The number of ether oxygens (including phenoxy) is 4. The zero-order valence-corrected chi connectivity index (χ0v) is 54.7. The summed E-state index contributed by atoms with van der Waals surface area (Å²) in [6.45, 7) is 18.1. The van der Waals surface area contributed by atoms with Gasteiger partial charge in [0.05, 0.1) is 56.0 Å². The molecule has 6 aromatic rings. The van der Waals surface area contributed by atoms with Gasteiger partial charge in [-0.15, -0.1) is 0 Å². The average molecular weight is 1240 g/mol. The van der Waals surface area contributed by atoms with Gasteiger partial charge in [0, 0.05) is 112 Å². The molecule has 3 aromatic carbocycles. The molecule has 7 fully saturated rings. The predicted octanol–water partition coefficient (Wildman–Crippen LogP) is 14.5. The summed E-state index contributed by atoms with van der Waals surface area (Å²) in [6.07, 6.45) is 22.3. The number of carbonyl (C=O) groups excluding carboxylic acids is 3. The highest BCUT2D eigenvalue weighted by molar-refractivity contribution is 6.00. The fourth-order valence-electron chi connectivity index (χ4n) is 18.6. The molecule has 15 nitrogen and oxygen atoms in total. The second-order valence-electron chi connectivity index (χ2n) is 29.0. The van der Waals surface area contributed by atoms with Gasteiger partial charge in [-0.1, -0.05) is 139 Å². The number of allylic oxidation sites excluding steroid dienone is 2. The van der Waals surface area contributed by atoms with E-state index in [-0.39, 0.29) is 56.8 Å². The van der Waals surface area contributed by atoms with Gasteiger partial charge < -0.3 is 29.2 Å². The number of Topliss-reactive ketones (excluding diaryl/α,β-unsaturated/α-hetero) is 3. The molecule has 10 aliphatic rings. The van der Waals surface area contributed by atoms with Gasteiger partial charge in [0.2, 0.25) is 0 Å². The number of aliphatic hydroxyl groups excluding tert-OH is 2. The molecule has 0 unspecified atom stereocenters. The molecule has 2 aliphatic heterocycles. The average Bonchev–Trinajstić information content (AvgIpc) is 1.06. The summed E-state index contributed by atoms with van der Waals surface area (Å²) < 4.78 is 23.8. The molecule has 482 valence electrons. The van der Waals surface area contributed by atoms with E-state index in [1.54, 1.807) is 0 Å². The van der Waals surface area contributed by atoms with E-state index in [4.69, 9.17) is 39.0 Å². The van der Waals surface area contributed by atoms with E-state index in [9.17, 15) is 19.5 Å². The number of nitrogens with zero attached hydrogens (tertiary/aromatic N) is 6. The lowest BCUT2D eigenvalue weighted by atomic mass is 9.55. The number of aryl methyl sites for hydroxylation is 3. The lowest BCUT2D eigenvalue weighted by Crippen LogP contribution is -2.55. The molecular formula is C77H90N6O9. The molecule has 2 saturated heterocycles. The van der Waals surface area contributed by atoms with Crippen LogP contribution in [0.15, 0.2) is 133 Å². The van der Waals surface area contributed by atoms with Crippen LogP contribution in [0.4, 0.5) is 0 Å². The summed E-state index contributed by atoms with van der Waals surface area (Å²) in [6, 6.07) is 30.4. The van der Waals surface area contributed by atoms with Crippen LogP contribution >= 0.6 is 0 Å². The van der Waals surface area contributed by atoms with Crippen molar-refractivity contribution >= 4 is 17.3 Å². The highest BCUT2D eigenvalue weighted by Gasteiger charge is 2.59. The van der Waals surface area contributed by atoms with Gasteiger partial charge >= 0.3 is 0 Å². The molecule has 11 atom stereocenters. The maximum Gasteiger partial charge on any atom is 0.171 e. The van der Waals surface area contributed by atoms with Crippen molar-refractivity contribution < 1.29 is 43.5 Å². The molecule has 2 N–H and O–H groups in total. The number of aromatic nitrogens is 6. The number of fused-ring (bicyclic) bond motifs is 10. The number of benzene rings is 3. The minimum atomic E-state index is -0.426. The van der Waals surface area contributed by atoms with Crippen molar-refractivity contribution in [3.05, 3.63) is 167 Å². The molecule has 8 aliphatic carbocycles. The van der Waals surface area contributed by atoms with Crippen molar-refractivity contribution in [3.8, 4) is 34.2 Å². The largest absolute Gasteiger partial charge is 0.515 e. The summed E-state index contributed by atoms with van der Waals surface area (Å²) in [5.74, 6) is 4.12. The molecule has 92 heavy (non-hydrogen) atoms. The van der Waals surface area contributed by atoms with Crippen LogP contribution in [-0.2, 0) is 68.8 Å². The van der Waals surface area contributed by atoms with Crippen molar-refractivity contribution in [2.45, 2.75) is 179 Å². The number of ketones is 3. The number of hydrogen-bond acceptors (Lipinski definition) is 15. The van der Waals surface area contributed by atoms with Gasteiger partial charge in [0.25, 0.3) is 0 Å². The summed E-state index contributed by atoms with van der Waals surface area (Å²) in [5.41, 5.74) is 10.9. The van der Waals surface area contributed by atoms with Crippen LogP contribution in [0.25, 0.3) is 34.2 Å².